The first-order valence-electron chi connectivity index (χ1n) is 5.60. The molecule has 0 saturated heterocycles. The van der Waals surface area contributed by atoms with Gasteiger partial charge >= 0.3 is 6.09 Å². The Kier molecular flexibility index (Phi) is 3.96. The molecule has 0 saturated carbocycles. The van der Waals surface area contributed by atoms with Crippen molar-refractivity contribution in [1.82, 2.24) is 10.3 Å². The first-order valence-corrected chi connectivity index (χ1v) is 5.60. The van der Waals surface area contributed by atoms with E-state index >= 15 is 0 Å². The third-order valence-corrected chi connectivity index (χ3v) is 2.27. The number of oxazole rings is 1. The van der Waals surface area contributed by atoms with Crippen LogP contribution in [0.2, 0.25) is 0 Å². The van der Waals surface area contributed by atoms with Crippen molar-refractivity contribution in [3.63, 3.8) is 0 Å². The molecule has 1 aromatic carbocycles. The van der Waals surface area contributed by atoms with Gasteiger partial charge in [0.05, 0.1) is 12.7 Å². The molecule has 0 bridgehead atoms. The molecule has 0 aliphatic rings. The standard InChI is InChI=1S/C13H14N2O3/c1-10-7-14-12(18-10)8-15-13(16)17-9-11-5-3-2-4-6-11/h2-7H,8-9H2,1H3,(H,15,16). The van der Waals surface area contributed by atoms with Gasteiger partial charge in [0.25, 0.3) is 0 Å². The van der Waals surface area contributed by atoms with Crippen molar-refractivity contribution in [2.75, 3.05) is 0 Å². The van der Waals surface area contributed by atoms with Gasteiger partial charge in [-0.2, -0.15) is 0 Å². The smallest absolute Gasteiger partial charge is 0.407 e. The van der Waals surface area contributed by atoms with E-state index in [1.165, 1.54) is 0 Å². The summed E-state index contributed by atoms with van der Waals surface area (Å²) in [5.74, 6) is 1.17. The number of nitrogens with zero attached hydrogens (tertiary/aromatic N) is 1. The van der Waals surface area contributed by atoms with E-state index in [1.807, 2.05) is 30.3 Å². The number of carbonyl (C=O) groups excluding carboxylic acids is 1. The zero-order chi connectivity index (χ0) is 12.8. The molecule has 0 fully saturated rings. The molecule has 1 heterocycles. The van der Waals surface area contributed by atoms with Crippen LogP contribution in [0.1, 0.15) is 17.2 Å². The van der Waals surface area contributed by atoms with Gasteiger partial charge in [-0.15, -0.1) is 0 Å². The van der Waals surface area contributed by atoms with Crippen molar-refractivity contribution in [1.29, 1.82) is 0 Å². The third kappa shape index (κ3) is 3.62. The SMILES string of the molecule is Cc1cnc(CNC(=O)OCc2ccccc2)o1. The van der Waals surface area contributed by atoms with Gasteiger partial charge in [-0.1, -0.05) is 30.3 Å². The maximum atomic E-state index is 11.4. The molecule has 0 spiro atoms. The van der Waals surface area contributed by atoms with Gasteiger partial charge < -0.3 is 14.5 Å². The highest BCUT2D eigenvalue weighted by molar-refractivity contribution is 5.66. The highest BCUT2D eigenvalue weighted by atomic mass is 16.5. The van der Waals surface area contributed by atoms with Crippen LogP contribution >= 0.6 is 0 Å². The molecule has 5 nitrogen and oxygen atoms in total. The first-order chi connectivity index (χ1) is 8.74. The summed E-state index contributed by atoms with van der Waals surface area (Å²) in [6.45, 7) is 2.27. The quantitative estimate of drug-likeness (QED) is 0.899. The van der Waals surface area contributed by atoms with Gasteiger partial charge in [-0.05, 0) is 12.5 Å². The van der Waals surface area contributed by atoms with Crippen molar-refractivity contribution in [3.05, 3.63) is 53.7 Å². The van der Waals surface area contributed by atoms with Crippen LogP contribution in [0.3, 0.4) is 0 Å². The fourth-order valence-corrected chi connectivity index (χ4v) is 1.41. The summed E-state index contributed by atoms with van der Waals surface area (Å²) < 4.78 is 10.3. The average Bonchev–Trinajstić information content (AvgIpc) is 2.81. The maximum Gasteiger partial charge on any atom is 0.407 e. The van der Waals surface area contributed by atoms with Crippen LogP contribution < -0.4 is 5.32 Å². The van der Waals surface area contributed by atoms with Gasteiger partial charge in [-0.25, -0.2) is 9.78 Å². The molecule has 1 N–H and O–H groups in total. The number of ether oxygens (including phenoxy) is 1. The van der Waals surface area contributed by atoms with Crippen molar-refractivity contribution in [2.24, 2.45) is 0 Å². The fourth-order valence-electron chi connectivity index (χ4n) is 1.41. The van der Waals surface area contributed by atoms with E-state index in [-0.39, 0.29) is 13.2 Å². The monoisotopic (exact) mass is 246 g/mol. The average molecular weight is 246 g/mol. The highest BCUT2D eigenvalue weighted by Crippen LogP contribution is 2.02. The molecule has 0 atom stereocenters. The predicted molar refractivity (Wildman–Crippen MR) is 64.7 cm³/mol. The highest BCUT2D eigenvalue weighted by Gasteiger charge is 2.05. The molecule has 0 unspecified atom stereocenters. The molecular weight excluding hydrogens is 232 g/mol. The second kappa shape index (κ2) is 5.86. The minimum absolute atomic E-state index is 0.224. The molecule has 18 heavy (non-hydrogen) atoms. The molecule has 5 heteroatoms. The summed E-state index contributed by atoms with van der Waals surface area (Å²) in [7, 11) is 0. The molecular formula is C13H14N2O3. The molecule has 1 amide bonds. The molecule has 0 aliphatic heterocycles. The van der Waals surface area contributed by atoms with E-state index in [4.69, 9.17) is 9.15 Å². The van der Waals surface area contributed by atoms with Crippen LogP contribution in [-0.2, 0) is 17.9 Å². The lowest BCUT2D eigenvalue weighted by Crippen LogP contribution is -2.23. The second-order valence-electron chi connectivity index (χ2n) is 3.78. The van der Waals surface area contributed by atoms with Crippen molar-refractivity contribution in [3.8, 4) is 0 Å². The number of aromatic nitrogens is 1. The summed E-state index contributed by atoms with van der Waals surface area (Å²) in [6, 6.07) is 9.49. The number of alkyl carbamates (subject to hydrolysis) is 1. The lowest BCUT2D eigenvalue weighted by Gasteiger charge is -2.05. The van der Waals surface area contributed by atoms with E-state index in [0.29, 0.717) is 11.7 Å². The second-order valence-corrected chi connectivity index (χ2v) is 3.78. The third-order valence-electron chi connectivity index (χ3n) is 2.27. The summed E-state index contributed by atoms with van der Waals surface area (Å²) in [4.78, 5) is 15.4. The van der Waals surface area contributed by atoms with Gasteiger partial charge in [0.1, 0.15) is 12.4 Å². The van der Waals surface area contributed by atoms with Gasteiger partial charge in [0.15, 0.2) is 0 Å². The molecule has 0 aliphatic carbocycles. The van der Waals surface area contributed by atoms with Gasteiger partial charge in [0.2, 0.25) is 5.89 Å². The molecule has 1 aromatic heterocycles. The normalized spacial score (nSPS) is 10.1. The number of carbonyl (C=O) groups is 1. The van der Waals surface area contributed by atoms with Gasteiger partial charge in [0, 0.05) is 0 Å². The Morgan fingerprint density at radius 2 is 2.17 bits per heavy atom. The number of hydrogen-bond donors (Lipinski definition) is 1. The molecule has 2 aromatic rings. The number of amides is 1. The van der Waals surface area contributed by atoms with E-state index in [2.05, 4.69) is 10.3 Å². The minimum atomic E-state index is -0.491. The van der Waals surface area contributed by atoms with E-state index in [9.17, 15) is 4.79 Å². The van der Waals surface area contributed by atoms with Gasteiger partial charge in [-0.3, -0.25) is 0 Å². The largest absolute Gasteiger partial charge is 0.445 e. The van der Waals surface area contributed by atoms with E-state index in [1.54, 1.807) is 13.1 Å². The molecule has 2 rings (SSSR count). The Morgan fingerprint density at radius 3 is 2.83 bits per heavy atom. The zero-order valence-electron chi connectivity index (χ0n) is 10.1. The van der Waals surface area contributed by atoms with Crippen molar-refractivity contribution < 1.29 is 13.9 Å². The van der Waals surface area contributed by atoms with Crippen LogP contribution in [0.15, 0.2) is 40.9 Å². The Hall–Kier alpha value is -2.30. The Balaban J connectivity index is 1.73. The first kappa shape index (κ1) is 12.2. The summed E-state index contributed by atoms with van der Waals surface area (Å²) in [6.07, 6.45) is 1.11. The van der Waals surface area contributed by atoms with Crippen LogP contribution in [0.25, 0.3) is 0 Å². The van der Waals surface area contributed by atoms with Crippen LogP contribution in [-0.4, -0.2) is 11.1 Å². The van der Waals surface area contributed by atoms with Crippen molar-refractivity contribution in [2.45, 2.75) is 20.1 Å². The zero-order valence-corrected chi connectivity index (χ0v) is 10.1. The fraction of sp³-hybridized carbons (Fsp3) is 0.231. The number of aryl methyl sites for hydroxylation is 1. The summed E-state index contributed by atoms with van der Waals surface area (Å²) in [5.41, 5.74) is 0.944. The lowest BCUT2D eigenvalue weighted by atomic mass is 10.2. The Labute approximate surface area is 105 Å². The number of nitrogens with one attached hydrogen (secondary N) is 1. The van der Waals surface area contributed by atoms with Crippen LogP contribution in [0, 0.1) is 6.92 Å². The maximum absolute atomic E-state index is 11.4. The molecule has 94 valence electrons. The summed E-state index contributed by atoms with van der Waals surface area (Å²) in [5, 5.41) is 2.57. The topological polar surface area (TPSA) is 64.4 Å². The minimum Gasteiger partial charge on any atom is -0.445 e. The number of rotatable bonds is 4. The Morgan fingerprint density at radius 1 is 1.39 bits per heavy atom. The van der Waals surface area contributed by atoms with E-state index in [0.717, 1.165) is 5.56 Å². The Bertz CT molecular complexity index is 508. The lowest BCUT2D eigenvalue weighted by molar-refractivity contribution is 0.138. The number of hydrogen-bond acceptors (Lipinski definition) is 4. The number of benzene rings is 1. The van der Waals surface area contributed by atoms with Crippen LogP contribution in [0.4, 0.5) is 4.79 Å². The van der Waals surface area contributed by atoms with Crippen LogP contribution in [0.5, 0.6) is 0 Å². The van der Waals surface area contributed by atoms with Crippen molar-refractivity contribution >= 4 is 6.09 Å². The molecule has 0 radical (unpaired) electrons. The summed E-state index contributed by atoms with van der Waals surface area (Å²) >= 11 is 0. The predicted octanol–water partition coefficient (Wildman–Crippen LogP) is 2.41. The van der Waals surface area contributed by atoms with E-state index < -0.39 is 6.09 Å².